The largest absolute Gasteiger partial charge is 0.347 e. The van der Waals surface area contributed by atoms with E-state index in [2.05, 4.69) is 10.3 Å². The van der Waals surface area contributed by atoms with Gasteiger partial charge in [0.25, 0.3) is 5.91 Å². The zero-order valence-corrected chi connectivity index (χ0v) is 14.1. The van der Waals surface area contributed by atoms with Crippen LogP contribution in [0.25, 0.3) is 10.6 Å². The van der Waals surface area contributed by atoms with Gasteiger partial charge in [-0.25, -0.2) is 4.98 Å². The number of hydrogen-bond acceptors (Lipinski definition) is 3. The summed E-state index contributed by atoms with van der Waals surface area (Å²) < 4.78 is 0. The third-order valence-electron chi connectivity index (χ3n) is 3.43. The van der Waals surface area contributed by atoms with Crippen LogP contribution in [0.15, 0.2) is 54.6 Å². The van der Waals surface area contributed by atoms with Crippen molar-refractivity contribution >= 4 is 28.8 Å². The molecule has 3 rings (SSSR count). The number of rotatable bonds is 4. The van der Waals surface area contributed by atoms with E-state index in [9.17, 15) is 4.79 Å². The topological polar surface area (TPSA) is 42.0 Å². The summed E-state index contributed by atoms with van der Waals surface area (Å²) in [5, 5.41) is 4.52. The molecule has 3 nitrogen and oxygen atoms in total. The number of amides is 1. The molecule has 1 amide bonds. The maximum Gasteiger partial charge on any atom is 0.251 e. The van der Waals surface area contributed by atoms with Crippen LogP contribution in [-0.4, -0.2) is 10.9 Å². The molecule has 0 bridgehead atoms. The van der Waals surface area contributed by atoms with Crippen LogP contribution in [-0.2, 0) is 6.54 Å². The number of halogens is 1. The van der Waals surface area contributed by atoms with Crippen molar-refractivity contribution in [2.75, 3.05) is 0 Å². The average Bonchev–Trinajstić information content (AvgIpc) is 2.95. The molecule has 23 heavy (non-hydrogen) atoms. The zero-order chi connectivity index (χ0) is 16.2. The quantitative estimate of drug-likeness (QED) is 0.746. The fraction of sp³-hybridized carbons (Fsp3) is 0.111. The monoisotopic (exact) mass is 342 g/mol. The van der Waals surface area contributed by atoms with E-state index >= 15 is 0 Å². The first kappa shape index (κ1) is 15.7. The van der Waals surface area contributed by atoms with Gasteiger partial charge < -0.3 is 5.32 Å². The summed E-state index contributed by atoms with van der Waals surface area (Å²) in [7, 11) is 0. The van der Waals surface area contributed by atoms with E-state index in [1.807, 2.05) is 37.3 Å². The lowest BCUT2D eigenvalue weighted by molar-refractivity contribution is 0.0951. The fourth-order valence-electron chi connectivity index (χ4n) is 2.16. The highest BCUT2D eigenvalue weighted by atomic mass is 35.5. The van der Waals surface area contributed by atoms with E-state index in [1.54, 1.807) is 35.6 Å². The number of aryl methyl sites for hydroxylation is 1. The van der Waals surface area contributed by atoms with Crippen LogP contribution in [0.3, 0.4) is 0 Å². The van der Waals surface area contributed by atoms with Gasteiger partial charge in [-0.2, -0.15) is 0 Å². The maximum atomic E-state index is 12.1. The Bertz CT molecular complexity index is 813. The number of carbonyl (C=O) groups excluding carboxylic acids is 1. The summed E-state index contributed by atoms with van der Waals surface area (Å²) >= 11 is 7.44. The minimum atomic E-state index is -0.115. The Kier molecular flexibility index (Phi) is 4.74. The molecule has 0 atom stereocenters. The highest BCUT2D eigenvalue weighted by molar-refractivity contribution is 7.15. The van der Waals surface area contributed by atoms with E-state index in [-0.39, 0.29) is 5.91 Å². The van der Waals surface area contributed by atoms with Crippen molar-refractivity contribution in [1.82, 2.24) is 10.3 Å². The summed E-state index contributed by atoms with van der Waals surface area (Å²) in [6.07, 6.45) is 0. The normalized spacial score (nSPS) is 10.5. The van der Waals surface area contributed by atoms with Gasteiger partial charge in [0.15, 0.2) is 0 Å². The average molecular weight is 343 g/mol. The van der Waals surface area contributed by atoms with Crippen molar-refractivity contribution in [3.8, 4) is 10.6 Å². The first-order valence-electron chi connectivity index (χ1n) is 7.19. The highest BCUT2D eigenvalue weighted by Gasteiger charge is 2.11. The molecule has 0 aliphatic heterocycles. The number of nitrogens with zero attached hydrogens (tertiary/aromatic N) is 1. The molecule has 1 N–H and O–H groups in total. The van der Waals surface area contributed by atoms with Crippen molar-refractivity contribution in [2.24, 2.45) is 0 Å². The fourth-order valence-corrected chi connectivity index (χ4v) is 3.29. The van der Waals surface area contributed by atoms with Crippen LogP contribution in [0, 0.1) is 6.92 Å². The predicted molar refractivity (Wildman–Crippen MR) is 94.9 cm³/mol. The van der Waals surface area contributed by atoms with Crippen molar-refractivity contribution in [2.45, 2.75) is 13.5 Å². The minimum absolute atomic E-state index is 0.115. The highest BCUT2D eigenvalue weighted by Crippen LogP contribution is 2.27. The van der Waals surface area contributed by atoms with Crippen LogP contribution in [0.4, 0.5) is 0 Å². The molecule has 2 aromatic carbocycles. The van der Waals surface area contributed by atoms with E-state index in [0.717, 1.165) is 21.1 Å². The van der Waals surface area contributed by atoms with Gasteiger partial charge in [-0.1, -0.05) is 41.9 Å². The second-order valence-electron chi connectivity index (χ2n) is 5.08. The summed E-state index contributed by atoms with van der Waals surface area (Å²) in [5.74, 6) is -0.115. The van der Waals surface area contributed by atoms with E-state index in [4.69, 9.17) is 11.6 Å². The van der Waals surface area contributed by atoms with Gasteiger partial charge in [0.05, 0.1) is 12.2 Å². The first-order valence-corrected chi connectivity index (χ1v) is 8.38. The Morgan fingerprint density at radius 3 is 2.52 bits per heavy atom. The Morgan fingerprint density at radius 1 is 1.13 bits per heavy atom. The van der Waals surface area contributed by atoms with Crippen molar-refractivity contribution < 1.29 is 4.79 Å². The number of aromatic nitrogens is 1. The van der Waals surface area contributed by atoms with E-state index < -0.39 is 0 Å². The third-order valence-corrected chi connectivity index (χ3v) is 4.89. The number of benzene rings is 2. The summed E-state index contributed by atoms with van der Waals surface area (Å²) in [4.78, 5) is 17.8. The molecule has 1 aromatic heterocycles. The molecule has 0 spiro atoms. The van der Waals surface area contributed by atoms with Gasteiger partial charge in [0, 0.05) is 21.0 Å². The molecule has 0 saturated heterocycles. The second-order valence-corrected chi connectivity index (χ2v) is 6.60. The summed E-state index contributed by atoms with van der Waals surface area (Å²) in [6, 6.07) is 16.9. The molecule has 116 valence electrons. The van der Waals surface area contributed by atoms with Gasteiger partial charge in [-0.05, 0) is 31.2 Å². The Labute approximate surface area is 144 Å². The number of nitrogens with one attached hydrogen (secondary N) is 1. The van der Waals surface area contributed by atoms with Gasteiger partial charge >= 0.3 is 0 Å². The number of hydrogen-bond donors (Lipinski definition) is 1. The van der Waals surface area contributed by atoms with Crippen LogP contribution >= 0.6 is 22.9 Å². The van der Waals surface area contributed by atoms with E-state index in [0.29, 0.717) is 17.1 Å². The lowest BCUT2D eigenvalue weighted by Gasteiger charge is -2.04. The minimum Gasteiger partial charge on any atom is -0.347 e. The van der Waals surface area contributed by atoms with Gasteiger partial charge in [-0.3, -0.25) is 4.79 Å². The van der Waals surface area contributed by atoms with E-state index in [1.165, 1.54) is 0 Å². The molecule has 5 heteroatoms. The smallest absolute Gasteiger partial charge is 0.251 e. The first-order chi connectivity index (χ1) is 11.1. The molecule has 0 fully saturated rings. The Morgan fingerprint density at radius 2 is 1.83 bits per heavy atom. The van der Waals surface area contributed by atoms with Crippen molar-refractivity contribution in [3.05, 3.63) is 75.8 Å². The van der Waals surface area contributed by atoms with Gasteiger partial charge in [0.1, 0.15) is 5.01 Å². The van der Waals surface area contributed by atoms with Gasteiger partial charge in [-0.15, -0.1) is 11.3 Å². The molecule has 1 heterocycles. The number of thiazole rings is 1. The van der Waals surface area contributed by atoms with Crippen LogP contribution in [0.5, 0.6) is 0 Å². The van der Waals surface area contributed by atoms with Crippen molar-refractivity contribution in [3.63, 3.8) is 0 Å². The molecular formula is C18H15ClN2OS. The lowest BCUT2D eigenvalue weighted by Crippen LogP contribution is -2.22. The lowest BCUT2D eigenvalue weighted by atomic mass is 10.2. The maximum absolute atomic E-state index is 12.1. The van der Waals surface area contributed by atoms with Crippen LogP contribution in [0.1, 0.15) is 20.9 Å². The molecule has 0 aliphatic carbocycles. The molecule has 0 aliphatic rings. The number of carbonyl (C=O) groups is 1. The Balaban J connectivity index is 1.70. The zero-order valence-electron chi connectivity index (χ0n) is 12.5. The summed E-state index contributed by atoms with van der Waals surface area (Å²) in [5.41, 5.74) is 2.64. The SMILES string of the molecule is Cc1nc(-c2ccccc2)sc1CNC(=O)c1ccc(Cl)cc1. The van der Waals surface area contributed by atoms with Crippen LogP contribution in [0.2, 0.25) is 5.02 Å². The second kappa shape index (κ2) is 6.94. The molecular weight excluding hydrogens is 328 g/mol. The molecule has 0 radical (unpaired) electrons. The van der Waals surface area contributed by atoms with Crippen LogP contribution < -0.4 is 5.32 Å². The molecule has 3 aromatic rings. The van der Waals surface area contributed by atoms with Crippen molar-refractivity contribution in [1.29, 1.82) is 0 Å². The molecule has 0 saturated carbocycles. The van der Waals surface area contributed by atoms with Gasteiger partial charge in [0.2, 0.25) is 0 Å². The predicted octanol–water partition coefficient (Wildman–Crippen LogP) is 4.70. The Hall–Kier alpha value is -2.17. The summed E-state index contributed by atoms with van der Waals surface area (Å²) in [6.45, 7) is 2.44. The standard InChI is InChI=1S/C18H15ClN2OS/c1-12-16(23-18(21-12)14-5-3-2-4-6-14)11-20-17(22)13-7-9-15(19)10-8-13/h2-10H,11H2,1H3,(H,20,22). The molecule has 0 unspecified atom stereocenters. The third kappa shape index (κ3) is 3.78.